The molecule has 5 rings (SSSR count). The number of hydrogen-bond acceptors (Lipinski definition) is 6. The van der Waals surface area contributed by atoms with Gasteiger partial charge in [-0.1, -0.05) is 6.07 Å². The van der Waals surface area contributed by atoms with Crippen LogP contribution in [0, 0.1) is 0 Å². The van der Waals surface area contributed by atoms with Gasteiger partial charge in [0.1, 0.15) is 24.7 Å². The predicted molar refractivity (Wildman–Crippen MR) is 124 cm³/mol. The Kier molecular flexibility index (Phi) is 6.15. The second-order valence-corrected chi connectivity index (χ2v) is 8.79. The zero-order valence-electron chi connectivity index (χ0n) is 19.4. The Balaban J connectivity index is 1.25. The molecular formula is C25H23F3N4O4. The van der Waals surface area contributed by atoms with Gasteiger partial charge in [0.25, 0.3) is 5.91 Å². The molecule has 2 heterocycles. The third kappa shape index (κ3) is 4.52. The molecule has 0 atom stereocenters. The molecule has 0 radical (unpaired) electrons. The number of carbonyl (C=O) groups excluding carboxylic acids is 2. The summed E-state index contributed by atoms with van der Waals surface area (Å²) in [5, 5.41) is 0.752. The van der Waals surface area contributed by atoms with Crippen LogP contribution in [0.2, 0.25) is 0 Å². The van der Waals surface area contributed by atoms with E-state index in [9.17, 15) is 22.8 Å². The lowest BCUT2D eigenvalue weighted by Gasteiger charge is -2.33. The Hall–Kier alpha value is -3.89. The van der Waals surface area contributed by atoms with E-state index in [1.54, 1.807) is 19.2 Å². The molecule has 2 aromatic carbocycles. The van der Waals surface area contributed by atoms with Gasteiger partial charge in [0.15, 0.2) is 0 Å². The highest BCUT2D eigenvalue weighted by Gasteiger charge is 2.43. The van der Waals surface area contributed by atoms with E-state index < -0.39 is 23.7 Å². The summed E-state index contributed by atoms with van der Waals surface area (Å²) in [5.41, 5.74) is -0.127. The zero-order chi connectivity index (χ0) is 25.4. The fourth-order valence-corrected chi connectivity index (χ4v) is 4.74. The Bertz CT molecular complexity index is 1310. The summed E-state index contributed by atoms with van der Waals surface area (Å²) in [6.45, 7) is -0.285. The third-order valence-electron chi connectivity index (χ3n) is 6.58. The minimum absolute atomic E-state index is 0.0509. The summed E-state index contributed by atoms with van der Waals surface area (Å²) in [7, 11) is 1.58. The molecule has 2 fully saturated rings. The van der Waals surface area contributed by atoms with Crippen LogP contribution in [0.25, 0.3) is 10.9 Å². The number of rotatable bonds is 5. The van der Waals surface area contributed by atoms with Gasteiger partial charge in [-0.05, 0) is 56.0 Å². The number of anilines is 1. The van der Waals surface area contributed by atoms with Gasteiger partial charge >= 0.3 is 12.2 Å². The maximum Gasteiger partial charge on any atom is 0.416 e. The van der Waals surface area contributed by atoms with Gasteiger partial charge in [-0.15, -0.1) is 0 Å². The maximum atomic E-state index is 13.1. The first-order chi connectivity index (χ1) is 17.2. The summed E-state index contributed by atoms with van der Waals surface area (Å²) < 4.78 is 50.7. The van der Waals surface area contributed by atoms with Crippen LogP contribution in [0.4, 0.5) is 23.7 Å². The normalized spacial score (nSPS) is 20.8. The van der Waals surface area contributed by atoms with Crippen LogP contribution in [0.3, 0.4) is 0 Å². The minimum Gasteiger partial charge on any atom is -0.497 e. The molecule has 11 heteroatoms. The van der Waals surface area contributed by atoms with Gasteiger partial charge in [0, 0.05) is 17.8 Å². The molecule has 1 saturated carbocycles. The minimum atomic E-state index is -4.54. The number of benzene rings is 2. The first-order valence-corrected chi connectivity index (χ1v) is 11.5. The van der Waals surface area contributed by atoms with Crippen molar-refractivity contribution >= 4 is 28.5 Å². The van der Waals surface area contributed by atoms with Crippen LogP contribution in [0.1, 0.15) is 31.2 Å². The number of imide groups is 1. The smallest absolute Gasteiger partial charge is 0.416 e. The lowest BCUT2D eigenvalue weighted by Crippen LogP contribution is -2.44. The number of carbonyl (C=O) groups is 2. The highest BCUT2D eigenvalue weighted by atomic mass is 19.4. The standard InChI is InChI=1S/C25H23F3N4O4/c1-35-19-9-10-20-21(12-19)29-14-30-23(20)36-18-7-5-16(6-8-18)32-22(33)13-31(24(32)34)17-4-2-3-15(11-17)25(26,27)28/h2-4,9-12,14,16,18H,5-8,13H2,1H3/t16-,18-. The lowest BCUT2D eigenvalue weighted by molar-refractivity contribution is -0.137. The second-order valence-electron chi connectivity index (χ2n) is 8.79. The highest BCUT2D eigenvalue weighted by Crippen LogP contribution is 2.35. The monoisotopic (exact) mass is 500 g/mol. The Labute approximate surface area is 204 Å². The van der Waals surface area contributed by atoms with Crippen molar-refractivity contribution in [2.75, 3.05) is 18.6 Å². The number of alkyl halides is 3. The number of halogens is 3. The van der Waals surface area contributed by atoms with E-state index in [0.717, 1.165) is 22.4 Å². The van der Waals surface area contributed by atoms with Crippen molar-refractivity contribution < 1.29 is 32.2 Å². The third-order valence-corrected chi connectivity index (χ3v) is 6.58. The van der Waals surface area contributed by atoms with Gasteiger partial charge in [0.05, 0.1) is 23.6 Å². The highest BCUT2D eigenvalue weighted by molar-refractivity contribution is 6.12. The number of hydrogen-bond donors (Lipinski definition) is 0. The van der Waals surface area contributed by atoms with E-state index in [1.807, 2.05) is 6.07 Å². The van der Waals surface area contributed by atoms with Gasteiger partial charge < -0.3 is 9.47 Å². The fraction of sp³-hybridized carbons (Fsp3) is 0.360. The zero-order valence-corrected chi connectivity index (χ0v) is 19.4. The Morgan fingerprint density at radius 1 is 1.00 bits per heavy atom. The summed E-state index contributed by atoms with van der Waals surface area (Å²) in [6.07, 6.45) is -1.05. The van der Waals surface area contributed by atoms with Crippen molar-refractivity contribution in [1.29, 1.82) is 0 Å². The number of urea groups is 1. The number of aromatic nitrogens is 2. The number of amides is 3. The SMILES string of the molecule is COc1ccc2c(O[C@H]3CC[C@H](N4C(=O)CN(c5cccc(C(F)(F)F)c5)C4=O)CC3)ncnc2c1. The Morgan fingerprint density at radius 2 is 1.78 bits per heavy atom. The van der Waals surface area contributed by atoms with Gasteiger partial charge in [-0.25, -0.2) is 14.8 Å². The van der Waals surface area contributed by atoms with E-state index in [1.165, 1.54) is 23.4 Å². The lowest BCUT2D eigenvalue weighted by atomic mass is 9.92. The fourth-order valence-electron chi connectivity index (χ4n) is 4.74. The molecule has 3 aromatic rings. The second kappa shape index (κ2) is 9.29. The molecule has 0 bridgehead atoms. The van der Waals surface area contributed by atoms with E-state index in [4.69, 9.17) is 9.47 Å². The summed E-state index contributed by atoms with van der Waals surface area (Å²) >= 11 is 0. The molecule has 1 aliphatic carbocycles. The first kappa shape index (κ1) is 23.8. The molecule has 1 aliphatic heterocycles. The van der Waals surface area contributed by atoms with Crippen molar-refractivity contribution in [3.05, 3.63) is 54.4 Å². The van der Waals surface area contributed by atoms with E-state index in [-0.39, 0.29) is 24.4 Å². The molecule has 8 nitrogen and oxygen atoms in total. The average Bonchev–Trinajstić information content (AvgIpc) is 3.17. The van der Waals surface area contributed by atoms with E-state index in [2.05, 4.69) is 9.97 Å². The van der Waals surface area contributed by atoms with Crippen molar-refractivity contribution in [1.82, 2.24) is 14.9 Å². The summed E-state index contributed by atoms with van der Waals surface area (Å²) in [6, 6.07) is 8.94. The molecule has 36 heavy (non-hydrogen) atoms. The van der Waals surface area contributed by atoms with Gasteiger partial charge in [-0.3, -0.25) is 14.6 Å². The number of ether oxygens (including phenoxy) is 2. The van der Waals surface area contributed by atoms with Crippen LogP contribution in [0.15, 0.2) is 48.8 Å². The quantitative estimate of drug-likeness (QED) is 0.468. The van der Waals surface area contributed by atoms with Crippen LogP contribution >= 0.6 is 0 Å². The number of fused-ring (bicyclic) bond motifs is 1. The van der Waals surface area contributed by atoms with E-state index >= 15 is 0 Å². The summed E-state index contributed by atoms with van der Waals surface area (Å²) in [5.74, 6) is 0.708. The van der Waals surface area contributed by atoms with E-state index in [0.29, 0.717) is 42.8 Å². The molecule has 1 aromatic heterocycles. The maximum absolute atomic E-state index is 13.1. The topological polar surface area (TPSA) is 84.9 Å². The molecule has 1 saturated heterocycles. The van der Waals surface area contributed by atoms with Gasteiger partial charge in [0.2, 0.25) is 5.88 Å². The predicted octanol–water partition coefficient (Wildman–Crippen LogP) is 4.82. The molecule has 0 N–H and O–H groups in total. The Morgan fingerprint density at radius 3 is 2.50 bits per heavy atom. The molecule has 0 spiro atoms. The molecular weight excluding hydrogens is 477 g/mol. The van der Waals surface area contributed by atoms with Crippen molar-refractivity contribution in [3.63, 3.8) is 0 Å². The summed E-state index contributed by atoms with van der Waals surface area (Å²) in [4.78, 5) is 36.5. The van der Waals surface area contributed by atoms with Crippen LogP contribution < -0.4 is 14.4 Å². The molecule has 3 amide bonds. The largest absolute Gasteiger partial charge is 0.497 e. The molecule has 2 aliphatic rings. The number of nitrogens with zero attached hydrogens (tertiary/aromatic N) is 4. The van der Waals surface area contributed by atoms with Crippen molar-refractivity contribution in [2.24, 2.45) is 0 Å². The van der Waals surface area contributed by atoms with Crippen LogP contribution in [0.5, 0.6) is 11.6 Å². The van der Waals surface area contributed by atoms with Crippen LogP contribution in [-0.2, 0) is 11.0 Å². The van der Waals surface area contributed by atoms with Crippen molar-refractivity contribution in [3.8, 4) is 11.6 Å². The molecule has 0 unspecified atom stereocenters. The first-order valence-electron chi connectivity index (χ1n) is 11.5. The average molecular weight is 500 g/mol. The van der Waals surface area contributed by atoms with Gasteiger partial charge in [-0.2, -0.15) is 13.2 Å². The van der Waals surface area contributed by atoms with Crippen molar-refractivity contribution in [2.45, 2.75) is 44.0 Å². The number of methoxy groups -OCH3 is 1. The molecule has 188 valence electrons. The van der Waals surface area contributed by atoms with Crippen LogP contribution in [-0.4, -0.2) is 52.6 Å².